The van der Waals surface area contributed by atoms with Crippen molar-refractivity contribution < 1.29 is 0 Å². The molecule has 0 spiro atoms. The van der Waals surface area contributed by atoms with E-state index in [-0.39, 0.29) is 0 Å². The Hall–Kier alpha value is -2.04. The van der Waals surface area contributed by atoms with Crippen molar-refractivity contribution in [1.82, 2.24) is 14.8 Å². The molecule has 0 saturated carbocycles. The summed E-state index contributed by atoms with van der Waals surface area (Å²) >= 11 is 11.9. The van der Waals surface area contributed by atoms with Gasteiger partial charge in [0.05, 0.1) is 15.7 Å². The molecule has 0 amide bonds. The number of halogens is 2. The van der Waals surface area contributed by atoms with Crippen LogP contribution in [0, 0.1) is 0 Å². The van der Waals surface area contributed by atoms with Gasteiger partial charge in [-0.3, -0.25) is 0 Å². The Morgan fingerprint density at radius 1 is 1.05 bits per heavy atom. The molecule has 3 aromatic rings. The highest BCUT2D eigenvalue weighted by atomic mass is 35.5. The molecule has 0 radical (unpaired) electrons. The Labute approximate surface area is 132 Å². The number of hydrogen-bond donors (Lipinski definition) is 1. The molecule has 0 fully saturated rings. The van der Waals surface area contributed by atoms with Crippen LogP contribution in [0.2, 0.25) is 10.0 Å². The summed E-state index contributed by atoms with van der Waals surface area (Å²) in [5.41, 5.74) is 1.94. The molecule has 0 aliphatic rings. The standard InChI is InChI=1S/C15H12Cl2N4/c16-12-5-4-11(9-13(12)17)10-19-14-3-1-6-18-15(14)21-8-2-7-20-21/h1-9,19H,10H2. The Morgan fingerprint density at radius 2 is 1.95 bits per heavy atom. The first-order valence-corrected chi connectivity index (χ1v) is 7.12. The second-order valence-corrected chi connectivity index (χ2v) is 5.24. The molecule has 106 valence electrons. The highest BCUT2D eigenvalue weighted by Crippen LogP contribution is 2.23. The van der Waals surface area contributed by atoms with Crippen LogP contribution < -0.4 is 5.32 Å². The summed E-state index contributed by atoms with van der Waals surface area (Å²) in [6.07, 6.45) is 5.31. The van der Waals surface area contributed by atoms with Gasteiger partial charge in [-0.1, -0.05) is 29.3 Å². The summed E-state index contributed by atoms with van der Waals surface area (Å²) in [6.45, 7) is 0.622. The minimum atomic E-state index is 0.550. The van der Waals surface area contributed by atoms with Gasteiger partial charge in [0.2, 0.25) is 0 Å². The van der Waals surface area contributed by atoms with E-state index in [9.17, 15) is 0 Å². The average molecular weight is 319 g/mol. The zero-order valence-electron chi connectivity index (χ0n) is 11.0. The van der Waals surface area contributed by atoms with Crippen molar-refractivity contribution in [2.24, 2.45) is 0 Å². The monoisotopic (exact) mass is 318 g/mol. The first-order chi connectivity index (χ1) is 10.2. The largest absolute Gasteiger partial charge is 0.378 e. The molecule has 2 heterocycles. The third-order valence-electron chi connectivity index (χ3n) is 2.98. The molecule has 6 heteroatoms. The lowest BCUT2D eigenvalue weighted by atomic mass is 10.2. The van der Waals surface area contributed by atoms with Gasteiger partial charge in [-0.2, -0.15) is 5.10 Å². The Kier molecular flexibility index (Phi) is 4.08. The smallest absolute Gasteiger partial charge is 0.176 e. The van der Waals surface area contributed by atoms with E-state index in [1.807, 2.05) is 36.5 Å². The summed E-state index contributed by atoms with van der Waals surface area (Å²) in [7, 11) is 0. The maximum absolute atomic E-state index is 6.02. The van der Waals surface area contributed by atoms with Gasteiger partial charge in [0.15, 0.2) is 5.82 Å². The molecular formula is C15H12Cl2N4. The minimum absolute atomic E-state index is 0.550. The van der Waals surface area contributed by atoms with E-state index in [1.165, 1.54) is 0 Å². The number of nitrogens with one attached hydrogen (secondary N) is 1. The predicted molar refractivity (Wildman–Crippen MR) is 85.1 cm³/mol. The fraction of sp³-hybridized carbons (Fsp3) is 0.0667. The van der Waals surface area contributed by atoms with E-state index < -0.39 is 0 Å². The fourth-order valence-electron chi connectivity index (χ4n) is 1.96. The van der Waals surface area contributed by atoms with Crippen LogP contribution in [0.4, 0.5) is 5.69 Å². The highest BCUT2D eigenvalue weighted by Gasteiger charge is 2.06. The van der Waals surface area contributed by atoms with Gasteiger partial charge in [0, 0.05) is 25.1 Å². The van der Waals surface area contributed by atoms with Crippen molar-refractivity contribution in [2.45, 2.75) is 6.54 Å². The lowest BCUT2D eigenvalue weighted by molar-refractivity contribution is 0.846. The molecule has 3 rings (SSSR count). The first-order valence-electron chi connectivity index (χ1n) is 6.37. The summed E-state index contributed by atoms with van der Waals surface area (Å²) in [5.74, 6) is 0.752. The van der Waals surface area contributed by atoms with Gasteiger partial charge < -0.3 is 5.32 Å². The van der Waals surface area contributed by atoms with Gasteiger partial charge in [-0.25, -0.2) is 9.67 Å². The number of nitrogens with zero attached hydrogens (tertiary/aromatic N) is 3. The van der Waals surface area contributed by atoms with Crippen LogP contribution in [-0.2, 0) is 6.54 Å². The number of benzene rings is 1. The second-order valence-electron chi connectivity index (χ2n) is 4.43. The van der Waals surface area contributed by atoms with E-state index in [4.69, 9.17) is 23.2 Å². The van der Waals surface area contributed by atoms with Gasteiger partial charge in [-0.15, -0.1) is 0 Å². The fourth-order valence-corrected chi connectivity index (χ4v) is 2.28. The molecule has 21 heavy (non-hydrogen) atoms. The number of pyridine rings is 1. The van der Waals surface area contributed by atoms with Crippen LogP contribution >= 0.6 is 23.2 Å². The van der Waals surface area contributed by atoms with Crippen LogP contribution in [-0.4, -0.2) is 14.8 Å². The number of anilines is 1. The molecule has 4 nitrogen and oxygen atoms in total. The SMILES string of the molecule is Clc1ccc(CNc2cccnc2-n2cccn2)cc1Cl. The Bertz CT molecular complexity index is 741. The molecule has 0 bridgehead atoms. The number of aromatic nitrogens is 3. The van der Waals surface area contributed by atoms with E-state index >= 15 is 0 Å². The van der Waals surface area contributed by atoms with Crippen LogP contribution in [0.15, 0.2) is 55.0 Å². The summed E-state index contributed by atoms with van der Waals surface area (Å²) in [6, 6.07) is 11.3. The van der Waals surface area contributed by atoms with Gasteiger partial charge in [0.1, 0.15) is 0 Å². The molecule has 1 N–H and O–H groups in total. The molecule has 0 atom stereocenters. The van der Waals surface area contributed by atoms with Crippen molar-refractivity contribution in [3.63, 3.8) is 0 Å². The van der Waals surface area contributed by atoms with Crippen molar-refractivity contribution in [2.75, 3.05) is 5.32 Å². The summed E-state index contributed by atoms with van der Waals surface area (Å²) in [5, 5.41) is 8.65. The number of rotatable bonds is 4. The summed E-state index contributed by atoms with van der Waals surface area (Å²) < 4.78 is 1.72. The third-order valence-corrected chi connectivity index (χ3v) is 3.71. The molecule has 0 aliphatic carbocycles. The van der Waals surface area contributed by atoms with E-state index in [2.05, 4.69) is 15.4 Å². The topological polar surface area (TPSA) is 42.7 Å². The van der Waals surface area contributed by atoms with Crippen LogP contribution in [0.1, 0.15) is 5.56 Å². The van der Waals surface area contributed by atoms with Crippen LogP contribution in [0.25, 0.3) is 5.82 Å². The second kappa shape index (κ2) is 6.16. The third kappa shape index (κ3) is 3.17. The first kappa shape index (κ1) is 13.9. The van der Waals surface area contributed by atoms with Crippen molar-refractivity contribution >= 4 is 28.9 Å². The zero-order valence-corrected chi connectivity index (χ0v) is 12.5. The van der Waals surface area contributed by atoms with E-state index in [0.29, 0.717) is 16.6 Å². The molecule has 0 saturated heterocycles. The normalized spacial score (nSPS) is 10.6. The average Bonchev–Trinajstić information content (AvgIpc) is 3.03. The molecular weight excluding hydrogens is 307 g/mol. The molecule has 1 aromatic carbocycles. The maximum Gasteiger partial charge on any atom is 0.176 e. The Balaban J connectivity index is 1.81. The predicted octanol–water partition coefficient (Wildman–Crippen LogP) is 4.19. The van der Waals surface area contributed by atoms with Gasteiger partial charge in [-0.05, 0) is 35.9 Å². The van der Waals surface area contributed by atoms with Crippen molar-refractivity contribution in [3.8, 4) is 5.82 Å². The highest BCUT2D eigenvalue weighted by molar-refractivity contribution is 6.42. The lowest BCUT2D eigenvalue weighted by Crippen LogP contribution is -2.06. The summed E-state index contributed by atoms with van der Waals surface area (Å²) in [4.78, 5) is 4.36. The van der Waals surface area contributed by atoms with E-state index in [1.54, 1.807) is 23.1 Å². The van der Waals surface area contributed by atoms with Gasteiger partial charge >= 0.3 is 0 Å². The maximum atomic E-state index is 6.02. The zero-order chi connectivity index (χ0) is 14.7. The molecule has 0 aliphatic heterocycles. The Morgan fingerprint density at radius 3 is 2.71 bits per heavy atom. The quantitative estimate of drug-likeness (QED) is 0.784. The van der Waals surface area contributed by atoms with Crippen LogP contribution in [0.3, 0.4) is 0 Å². The lowest BCUT2D eigenvalue weighted by Gasteiger charge is -2.11. The minimum Gasteiger partial charge on any atom is -0.378 e. The van der Waals surface area contributed by atoms with Crippen molar-refractivity contribution in [3.05, 3.63) is 70.6 Å². The molecule has 2 aromatic heterocycles. The van der Waals surface area contributed by atoms with Crippen molar-refractivity contribution in [1.29, 1.82) is 0 Å². The van der Waals surface area contributed by atoms with E-state index in [0.717, 1.165) is 17.1 Å². The van der Waals surface area contributed by atoms with Gasteiger partial charge in [0.25, 0.3) is 0 Å². The van der Waals surface area contributed by atoms with Crippen LogP contribution in [0.5, 0.6) is 0 Å². The number of hydrogen-bond acceptors (Lipinski definition) is 3. The molecule has 0 unspecified atom stereocenters.